The number of hydrogen-bond acceptors (Lipinski definition) is 2. The Balaban J connectivity index is 2.57. The van der Waals surface area contributed by atoms with Gasteiger partial charge in [0.25, 0.3) is 0 Å². The van der Waals surface area contributed by atoms with Crippen LogP contribution >= 0.6 is 15.9 Å². The summed E-state index contributed by atoms with van der Waals surface area (Å²) in [5.41, 5.74) is -0.0298. The molecule has 0 aliphatic heterocycles. The molecule has 2 N–H and O–H groups in total. The number of amides is 1. The van der Waals surface area contributed by atoms with Crippen LogP contribution in [0.2, 0.25) is 0 Å². The average Bonchev–Trinajstić information content (AvgIpc) is 2.25. The molecule has 100 valence electrons. The van der Waals surface area contributed by atoms with Crippen LogP contribution < -0.4 is 10.6 Å². The molecule has 0 heterocycles. The summed E-state index contributed by atoms with van der Waals surface area (Å²) in [5.74, 6) is -1.81. The topological polar surface area (TPSA) is 41.1 Å². The van der Waals surface area contributed by atoms with E-state index < -0.39 is 11.6 Å². The molecule has 1 aromatic carbocycles. The second kappa shape index (κ2) is 6.80. The molecule has 0 atom stereocenters. The zero-order valence-corrected chi connectivity index (χ0v) is 11.8. The molecular weight excluding hydrogens is 306 g/mol. The van der Waals surface area contributed by atoms with Crippen LogP contribution in [0.5, 0.6) is 0 Å². The zero-order chi connectivity index (χ0) is 13.7. The van der Waals surface area contributed by atoms with Gasteiger partial charge in [-0.15, -0.1) is 0 Å². The van der Waals surface area contributed by atoms with E-state index in [-0.39, 0.29) is 28.5 Å². The Hall–Kier alpha value is -1.01. The van der Waals surface area contributed by atoms with Crippen molar-refractivity contribution >= 4 is 27.5 Å². The van der Waals surface area contributed by atoms with E-state index in [1.807, 2.05) is 13.8 Å². The minimum absolute atomic E-state index is 0.0298. The molecule has 0 unspecified atom stereocenters. The molecule has 0 aliphatic rings. The molecular formula is C12H15BrF2N2O. The molecule has 1 rings (SSSR count). The van der Waals surface area contributed by atoms with E-state index in [2.05, 4.69) is 26.6 Å². The van der Waals surface area contributed by atoms with Gasteiger partial charge in [0.15, 0.2) is 0 Å². The first-order valence-corrected chi connectivity index (χ1v) is 6.37. The lowest BCUT2D eigenvalue weighted by Crippen LogP contribution is -2.27. The fourth-order valence-corrected chi connectivity index (χ4v) is 1.65. The third kappa shape index (κ3) is 4.70. The van der Waals surface area contributed by atoms with Crippen LogP contribution in [0.1, 0.15) is 20.3 Å². The first-order valence-electron chi connectivity index (χ1n) is 5.58. The van der Waals surface area contributed by atoms with Crippen LogP contribution in [-0.4, -0.2) is 18.5 Å². The minimum atomic E-state index is -0.791. The van der Waals surface area contributed by atoms with E-state index in [0.29, 0.717) is 6.54 Å². The highest BCUT2D eigenvalue weighted by Crippen LogP contribution is 2.23. The summed E-state index contributed by atoms with van der Waals surface area (Å²) in [6, 6.07) is 2.22. The lowest BCUT2D eigenvalue weighted by molar-refractivity contribution is -0.116. The van der Waals surface area contributed by atoms with Gasteiger partial charge in [-0.1, -0.05) is 13.8 Å². The summed E-state index contributed by atoms with van der Waals surface area (Å²) in [5, 5.41) is 5.47. The minimum Gasteiger partial charge on any atom is -0.324 e. The second-order valence-corrected chi connectivity index (χ2v) is 5.01. The summed E-state index contributed by atoms with van der Waals surface area (Å²) in [7, 11) is 0. The van der Waals surface area contributed by atoms with E-state index in [1.54, 1.807) is 0 Å². The molecule has 3 nitrogen and oxygen atoms in total. The Morgan fingerprint density at radius 1 is 1.33 bits per heavy atom. The summed E-state index contributed by atoms with van der Waals surface area (Å²) in [6.45, 7) is 4.44. The Morgan fingerprint density at radius 2 is 2.00 bits per heavy atom. The summed E-state index contributed by atoms with van der Waals surface area (Å²) in [6.07, 6.45) is 0.229. The molecule has 0 spiro atoms. The van der Waals surface area contributed by atoms with Gasteiger partial charge in [-0.05, 0) is 22.0 Å². The number of rotatable bonds is 5. The molecule has 0 bridgehead atoms. The molecule has 1 amide bonds. The second-order valence-electron chi connectivity index (χ2n) is 4.15. The van der Waals surface area contributed by atoms with Crippen LogP contribution in [0.25, 0.3) is 0 Å². The third-order valence-corrected chi connectivity index (χ3v) is 2.80. The van der Waals surface area contributed by atoms with Crippen molar-refractivity contribution in [3.63, 3.8) is 0 Å². The van der Waals surface area contributed by atoms with E-state index in [1.165, 1.54) is 6.07 Å². The van der Waals surface area contributed by atoms with Crippen LogP contribution in [0.4, 0.5) is 14.5 Å². The Labute approximate surface area is 113 Å². The zero-order valence-electron chi connectivity index (χ0n) is 10.2. The number of anilines is 1. The smallest absolute Gasteiger partial charge is 0.225 e. The predicted molar refractivity (Wildman–Crippen MR) is 70.4 cm³/mol. The van der Waals surface area contributed by atoms with E-state index in [0.717, 1.165) is 6.07 Å². The Bertz CT molecular complexity index is 438. The largest absolute Gasteiger partial charge is 0.324 e. The first-order chi connectivity index (χ1) is 8.40. The fourth-order valence-electron chi connectivity index (χ4n) is 1.31. The molecule has 18 heavy (non-hydrogen) atoms. The van der Waals surface area contributed by atoms with E-state index in [4.69, 9.17) is 0 Å². The molecule has 0 saturated carbocycles. The predicted octanol–water partition coefficient (Wildman–Crippen LogP) is 3.05. The standard InChI is InChI=1S/C12H15BrF2N2O/c1-7(2)16-4-3-12(18)17-11-5-8(13)9(14)6-10(11)15/h5-7,16H,3-4H2,1-2H3,(H,17,18). The number of carbonyl (C=O) groups excluding carboxylic acids is 1. The van der Waals surface area contributed by atoms with Gasteiger partial charge in [-0.3, -0.25) is 4.79 Å². The van der Waals surface area contributed by atoms with Gasteiger partial charge in [0.05, 0.1) is 10.2 Å². The van der Waals surface area contributed by atoms with E-state index >= 15 is 0 Å². The number of nitrogens with one attached hydrogen (secondary N) is 2. The van der Waals surface area contributed by atoms with Crippen LogP contribution in [-0.2, 0) is 4.79 Å². The molecule has 6 heteroatoms. The van der Waals surface area contributed by atoms with Crippen LogP contribution in [0, 0.1) is 11.6 Å². The highest BCUT2D eigenvalue weighted by Gasteiger charge is 2.10. The SMILES string of the molecule is CC(C)NCCC(=O)Nc1cc(Br)c(F)cc1F. The molecule has 0 saturated heterocycles. The van der Waals surface area contributed by atoms with Gasteiger partial charge in [0, 0.05) is 25.1 Å². The van der Waals surface area contributed by atoms with Gasteiger partial charge in [-0.2, -0.15) is 0 Å². The number of benzene rings is 1. The number of hydrogen-bond donors (Lipinski definition) is 2. The van der Waals surface area contributed by atoms with Gasteiger partial charge in [0.2, 0.25) is 5.91 Å². The van der Waals surface area contributed by atoms with Crippen molar-refractivity contribution in [3.8, 4) is 0 Å². The Morgan fingerprint density at radius 3 is 2.61 bits per heavy atom. The highest BCUT2D eigenvalue weighted by atomic mass is 79.9. The van der Waals surface area contributed by atoms with Crippen molar-refractivity contribution in [1.29, 1.82) is 0 Å². The molecule has 1 aromatic rings. The fraction of sp³-hybridized carbons (Fsp3) is 0.417. The quantitative estimate of drug-likeness (QED) is 0.819. The third-order valence-electron chi connectivity index (χ3n) is 2.19. The van der Waals surface area contributed by atoms with Crippen LogP contribution in [0.3, 0.4) is 0 Å². The molecule has 0 fully saturated rings. The van der Waals surface area contributed by atoms with Crippen molar-refractivity contribution in [2.24, 2.45) is 0 Å². The van der Waals surface area contributed by atoms with E-state index in [9.17, 15) is 13.6 Å². The average molecular weight is 321 g/mol. The maximum Gasteiger partial charge on any atom is 0.225 e. The van der Waals surface area contributed by atoms with Crippen LogP contribution in [0.15, 0.2) is 16.6 Å². The van der Waals surface area contributed by atoms with Crippen molar-refractivity contribution in [2.45, 2.75) is 26.3 Å². The van der Waals surface area contributed by atoms with Gasteiger partial charge < -0.3 is 10.6 Å². The normalized spacial score (nSPS) is 10.8. The van der Waals surface area contributed by atoms with Crippen molar-refractivity contribution in [2.75, 3.05) is 11.9 Å². The van der Waals surface area contributed by atoms with Crippen molar-refractivity contribution in [3.05, 3.63) is 28.2 Å². The molecule has 0 aliphatic carbocycles. The molecule has 0 aromatic heterocycles. The number of halogens is 3. The van der Waals surface area contributed by atoms with Gasteiger partial charge in [-0.25, -0.2) is 8.78 Å². The monoisotopic (exact) mass is 320 g/mol. The van der Waals surface area contributed by atoms with Gasteiger partial charge >= 0.3 is 0 Å². The summed E-state index contributed by atoms with van der Waals surface area (Å²) < 4.78 is 26.4. The Kier molecular flexibility index (Phi) is 5.68. The lowest BCUT2D eigenvalue weighted by Gasteiger charge is -2.09. The highest BCUT2D eigenvalue weighted by molar-refractivity contribution is 9.10. The maximum absolute atomic E-state index is 13.4. The number of carbonyl (C=O) groups is 1. The van der Waals surface area contributed by atoms with Crippen molar-refractivity contribution in [1.82, 2.24) is 5.32 Å². The summed E-state index contributed by atoms with van der Waals surface area (Å²) >= 11 is 2.94. The first kappa shape index (κ1) is 15.0. The lowest BCUT2D eigenvalue weighted by atomic mass is 10.2. The molecule has 0 radical (unpaired) electrons. The van der Waals surface area contributed by atoms with Gasteiger partial charge in [0.1, 0.15) is 11.6 Å². The maximum atomic E-state index is 13.4. The van der Waals surface area contributed by atoms with Crippen molar-refractivity contribution < 1.29 is 13.6 Å². The summed E-state index contributed by atoms with van der Waals surface area (Å²) in [4.78, 5) is 11.5.